The summed E-state index contributed by atoms with van der Waals surface area (Å²) in [5, 5.41) is 9.83. The highest BCUT2D eigenvalue weighted by molar-refractivity contribution is 7.14. The summed E-state index contributed by atoms with van der Waals surface area (Å²) >= 11 is 6.14. The van der Waals surface area contributed by atoms with Crippen molar-refractivity contribution < 1.29 is 18.0 Å². The van der Waals surface area contributed by atoms with Gasteiger partial charge < -0.3 is 0 Å². The van der Waals surface area contributed by atoms with Gasteiger partial charge in [0.1, 0.15) is 16.5 Å². The van der Waals surface area contributed by atoms with Crippen LogP contribution in [0.2, 0.25) is 5.02 Å². The second-order valence-corrected chi connectivity index (χ2v) is 7.26. The van der Waals surface area contributed by atoms with Gasteiger partial charge in [0.05, 0.1) is 4.88 Å². The number of rotatable bonds is 4. The summed E-state index contributed by atoms with van der Waals surface area (Å²) in [6.07, 6.45) is -3.28. The van der Waals surface area contributed by atoms with E-state index in [1.807, 2.05) is 0 Å². The third-order valence-electron chi connectivity index (χ3n) is 3.84. The lowest BCUT2D eigenvalue weighted by molar-refractivity contribution is -0.133. The quantitative estimate of drug-likeness (QED) is 0.264. The number of alkyl halides is 3. The molecule has 0 bridgehead atoms. The van der Waals surface area contributed by atoms with Gasteiger partial charge in [0.25, 0.3) is 0 Å². The largest absolute Gasteiger partial charge is 0.426 e. The van der Waals surface area contributed by atoms with Gasteiger partial charge in [-0.15, -0.1) is 11.3 Å². The fraction of sp³-hybridized carbons (Fsp3) is 0.0476. The van der Waals surface area contributed by atoms with E-state index in [0.717, 1.165) is 0 Å². The third-order valence-corrected chi connectivity index (χ3v) is 5.27. The van der Waals surface area contributed by atoms with E-state index < -0.39 is 16.8 Å². The smallest absolute Gasteiger partial charge is 0.287 e. The zero-order valence-corrected chi connectivity index (χ0v) is 15.7. The topological polar surface area (TPSA) is 40.9 Å². The van der Waals surface area contributed by atoms with Crippen molar-refractivity contribution >= 4 is 34.8 Å². The first kappa shape index (κ1) is 19.9. The van der Waals surface area contributed by atoms with Crippen LogP contribution in [-0.2, 0) is 6.18 Å². The average molecular weight is 418 g/mol. The molecule has 1 aromatic heterocycles. The molecule has 0 aliphatic carbocycles. The van der Waals surface area contributed by atoms with E-state index in [4.69, 9.17) is 11.6 Å². The minimum atomic E-state index is -4.61. The van der Waals surface area contributed by atoms with E-state index >= 15 is 0 Å². The van der Waals surface area contributed by atoms with Gasteiger partial charge in [-0.25, -0.2) is 0 Å². The van der Waals surface area contributed by atoms with Crippen molar-refractivity contribution in [3.8, 4) is 17.2 Å². The number of ketones is 1. The van der Waals surface area contributed by atoms with Gasteiger partial charge in [-0.05, 0) is 35.4 Å². The Labute approximate surface area is 168 Å². The van der Waals surface area contributed by atoms with Crippen LogP contribution in [0.4, 0.5) is 13.2 Å². The lowest BCUT2D eigenvalue weighted by atomic mass is 10.0. The molecule has 0 unspecified atom stereocenters. The summed E-state index contributed by atoms with van der Waals surface area (Å²) < 4.78 is 40.5. The highest BCUT2D eigenvalue weighted by atomic mass is 35.5. The van der Waals surface area contributed by atoms with Crippen LogP contribution < -0.4 is 0 Å². The number of carbonyl (C=O) groups excluding carboxylic acids is 1. The Bertz CT molecular complexity index is 1080. The maximum atomic E-state index is 13.5. The second kappa shape index (κ2) is 8.01. The maximum Gasteiger partial charge on any atom is 0.426 e. The Hall–Kier alpha value is -2.88. The molecule has 2 nitrogen and oxygen atoms in total. The summed E-state index contributed by atoms with van der Waals surface area (Å²) in [6.45, 7) is 0. The van der Waals surface area contributed by atoms with Crippen molar-refractivity contribution in [2.45, 2.75) is 6.18 Å². The fourth-order valence-electron chi connectivity index (χ4n) is 2.55. The molecule has 140 valence electrons. The van der Waals surface area contributed by atoms with Crippen molar-refractivity contribution in [3.05, 3.63) is 86.6 Å². The van der Waals surface area contributed by atoms with Crippen molar-refractivity contribution in [3.63, 3.8) is 0 Å². The van der Waals surface area contributed by atoms with Crippen molar-refractivity contribution in [1.82, 2.24) is 0 Å². The monoisotopic (exact) mass is 417 g/mol. The number of nitriles is 1. The Morgan fingerprint density at radius 1 is 1.07 bits per heavy atom. The van der Waals surface area contributed by atoms with Gasteiger partial charge in [0.15, 0.2) is 0 Å². The third kappa shape index (κ3) is 4.33. The van der Waals surface area contributed by atoms with E-state index in [2.05, 4.69) is 0 Å². The molecule has 3 rings (SSSR count). The molecule has 0 N–H and O–H groups in total. The molecule has 0 aliphatic heterocycles. The molecular formula is C21H11ClF3NOS. The number of Topliss-reactive ketones (excluding diaryl/α,β-unsaturated/α-hetero) is 1. The Morgan fingerprint density at radius 2 is 1.71 bits per heavy atom. The molecule has 3 aromatic rings. The van der Waals surface area contributed by atoms with Gasteiger partial charge in [-0.1, -0.05) is 54.1 Å². The van der Waals surface area contributed by atoms with Crippen LogP contribution >= 0.6 is 22.9 Å². The molecule has 0 fully saturated rings. The van der Waals surface area contributed by atoms with E-state index in [1.165, 1.54) is 12.1 Å². The summed E-state index contributed by atoms with van der Waals surface area (Å²) in [7, 11) is 0. The lowest BCUT2D eigenvalue weighted by Crippen LogP contribution is -2.03. The normalized spacial score (nSPS) is 11.9. The molecular weight excluding hydrogens is 407 g/mol. The van der Waals surface area contributed by atoms with Crippen LogP contribution in [0.15, 0.2) is 66.2 Å². The van der Waals surface area contributed by atoms with E-state index in [1.54, 1.807) is 60.7 Å². The van der Waals surface area contributed by atoms with Crippen LogP contribution in [0.3, 0.4) is 0 Å². The molecule has 7 heteroatoms. The number of nitrogens with zero attached hydrogens (tertiary/aromatic N) is 1. The van der Waals surface area contributed by atoms with Crippen LogP contribution in [0, 0.1) is 11.3 Å². The molecule has 0 atom stereocenters. The molecule has 2 aromatic carbocycles. The van der Waals surface area contributed by atoms with Crippen LogP contribution in [0.25, 0.3) is 17.2 Å². The molecule has 1 heterocycles. The second-order valence-electron chi connectivity index (χ2n) is 5.77. The minimum Gasteiger partial charge on any atom is -0.287 e. The first-order valence-corrected chi connectivity index (χ1v) is 9.17. The zero-order valence-electron chi connectivity index (χ0n) is 14.1. The number of hydrogen-bond acceptors (Lipinski definition) is 3. The summed E-state index contributed by atoms with van der Waals surface area (Å²) in [5.41, 5.74) is 0.567. The Morgan fingerprint density at radius 3 is 2.29 bits per heavy atom. The minimum absolute atomic E-state index is 0.0785. The molecule has 0 amide bonds. The van der Waals surface area contributed by atoms with E-state index in [9.17, 15) is 23.2 Å². The number of benzene rings is 2. The standard InChI is InChI=1S/C21H11ClF3NOS/c22-16-8-6-13(7-9-16)10-15(12-26)19(27)18-11-17(14-4-2-1-3-5-14)20(28-18)21(23,24)25/h1-11H. The van der Waals surface area contributed by atoms with E-state index in [-0.39, 0.29) is 16.0 Å². The molecule has 0 radical (unpaired) electrons. The average Bonchev–Trinajstić information content (AvgIpc) is 3.14. The summed E-state index contributed by atoms with van der Waals surface area (Å²) in [6, 6.07) is 17.4. The highest BCUT2D eigenvalue weighted by Gasteiger charge is 2.37. The number of halogens is 4. The van der Waals surface area contributed by atoms with Crippen LogP contribution in [0.5, 0.6) is 0 Å². The van der Waals surface area contributed by atoms with E-state index in [0.29, 0.717) is 27.5 Å². The number of allylic oxidation sites excluding steroid dienone is 1. The van der Waals surface area contributed by atoms with Gasteiger partial charge in [-0.3, -0.25) is 4.79 Å². The maximum absolute atomic E-state index is 13.5. The summed E-state index contributed by atoms with van der Waals surface area (Å²) in [4.78, 5) is 11.7. The van der Waals surface area contributed by atoms with Crippen LogP contribution in [0.1, 0.15) is 20.1 Å². The number of carbonyl (C=O) groups is 1. The van der Waals surface area contributed by atoms with Crippen molar-refractivity contribution in [2.75, 3.05) is 0 Å². The number of thiophene rings is 1. The molecule has 0 spiro atoms. The highest BCUT2D eigenvalue weighted by Crippen LogP contribution is 2.43. The van der Waals surface area contributed by atoms with Crippen LogP contribution in [-0.4, -0.2) is 5.78 Å². The van der Waals surface area contributed by atoms with Gasteiger partial charge >= 0.3 is 6.18 Å². The first-order chi connectivity index (χ1) is 13.3. The van der Waals surface area contributed by atoms with Gasteiger partial charge in [0, 0.05) is 10.6 Å². The molecule has 28 heavy (non-hydrogen) atoms. The molecule has 0 saturated heterocycles. The Kier molecular flexibility index (Phi) is 5.68. The van der Waals surface area contributed by atoms with Crippen molar-refractivity contribution in [2.24, 2.45) is 0 Å². The number of hydrogen-bond donors (Lipinski definition) is 0. The first-order valence-electron chi connectivity index (χ1n) is 7.98. The Balaban J connectivity index is 2.05. The predicted molar refractivity (Wildman–Crippen MR) is 104 cm³/mol. The molecule has 0 aliphatic rings. The predicted octanol–water partition coefficient (Wildman–Crippen LogP) is 6.88. The molecule has 0 saturated carbocycles. The zero-order chi connectivity index (χ0) is 20.3. The fourth-order valence-corrected chi connectivity index (χ4v) is 3.68. The van der Waals surface area contributed by atoms with Gasteiger partial charge in [0.2, 0.25) is 5.78 Å². The SMILES string of the molecule is N#CC(=Cc1ccc(Cl)cc1)C(=O)c1cc(-c2ccccc2)c(C(F)(F)F)s1. The lowest BCUT2D eigenvalue weighted by Gasteiger charge is -2.07. The summed E-state index contributed by atoms with van der Waals surface area (Å²) in [5.74, 6) is -0.755. The van der Waals surface area contributed by atoms with Crippen molar-refractivity contribution in [1.29, 1.82) is 5.26 Å². The van der Waals surface area contributed by atoms with Gasteiger partial charge in [-0.2, -0.15) is 18.4 Å².